The number of benzene rings is 2. The van der Waals surface area contributed by atoms with Gasteiger partial charge in [-0.2, -0.15) is 13.2 Å². The SMILES string of the molecule is FC(F)(F)COc1cc(NCc2cnc(Cl)s2)cc(Oc2ccccc2)c1. The van der Waals surface area contributed by atoms with Crippen molar-refractivity contribution < 1.29 is 22.6 Å². The molecule has 0 fully saturated rings. The van der Waals surface area contributed by atoms with Crippen molar-refractivity contribution in [3.05, 3.63) is 64.1 Å². The van der Waals surface area contributed by atoms with E-state index in [1.165, 1.54) is 23.5 Å². The first-order chi connectivity index (χ1) is 12.9. The molecule has 0 saturated carbocycles. The number of hydrogen-bond donors (Lipinski definition) is 1. The van der Waals surface area contributed by atoms with Crippen molar-refractivity contribution >= 4 is 28.6 Å². The van der Waals surface area contributed by atoms with E-state index in [4.69, 9.17) is 21.1 Å². The van der Waals surface area contributed by atoms with Gasteiger partial charge in [0.25, 0.3) is 0 Å². The molecule has 0 unspecified atom stereocenters. The van der Waals surface area contributed by atoms with E-state index in [1.54, 1.807) is 36.5 Å². The number of ether oxygens (including phenoxy) is 2. The first-order valence-corrected chi connectivity index (χ1v) is 8.98. The number of rotatable bonds is 7. The van der Waals surface area contributed by atoms with Crippen LogP contribution in [0.15, 0.2) is 54.7 Å². The Hall–Kier alpha value is -2.45. The maximum absolute atomic E-state index is 12.5. The Morgan fingerprint density at radius 1 is 1.04 bits per heavy atom. The highest BCUT2D eigenvalue weighted by Crippen LogP contribution is 2.31. The Balaban J connectivity index is 1.78. The highest BCUT2D eigenvalue weighted by molar-refractivity contribution is 7.15. The van der Waals surface area contributed by atoms with Crippen molar-refractivity contribution in [1.82, 2.24) is 4.98 Å². The minimum absolute atomic E-state index is 0.0468. The molecule has 9 heteroatoms. The molecule has 0 saturated heterocycles. The molecular weight excluding hydrogens is 401 g/mol. The second-order valence-corrected chi connectivity index (χ2v) is 7.14. The second-order valence-electron chi connectivity index (χ2n) is 5.45. The van der Waals surface area contributed by atoms with Crippen molar-refractivity contribution in [3.63, 3.8) is 0 Å². The van der Waals surface area contributed by atoms with Gasteiger partial charge in [0.2, 0.25) is 0 Å². The Morgan fingerprint density at radius 3 is 2.44 bits per heavy atom. The zero-order chi connectivity index (χ0) is 19.3. The van der Waals surface area contributed by atoms with Gasteiger partial charge < -0.3 is 14.8 Å². The number of hydrogen-bond acceptors (Lipinski definition) is 5. The summed E-state index contributed by atoms with van der Waals surface area (Å²) in [6.07, 6.45) is -2.80. The number of para-hydroxylation sites is 1. The summed E-state index contributed by atoms with van der Waals surface area (Å²) >= 11 is 7.11. The molecule has 0 aliphatic carbocycles. The number of aromatic nitrogens is 1. The van der Waals surface area contributed by atoms with E-state index in [0.717, 1.165) is 4.88 Å². The number of nitrogens with one attached hydrogen (secondary N) is 1. The Morgan fingerprint density at radius 2 is 1.78 bits per heavy atom. The summed E-state index contributed by atoms with van der Waals surface area (Å²) in [5, 5.41) is 3.11. The topological polar surface area (TPSA) is 43.4 Å². The van der Waals surface area contributed by atoms with Crippen molar-refractivity contribution in [2.45, 2.75) is 12.7 Å². The normalized spacial score (nSPS) is 11.3. The summed E-state index contributed by atoms with van der Waals surface area (Å²) < 4.78 is 48.4. The average molecular weight is 415 g/mol. The van der Waals surface area contributed by atoms with Crippen LogP contribution in [0, 0.1) is 0 Å². The third-order valence-electron chi connectivity index (χ3n) is 3.25. The predicted molar refractivity (Wildman–Crippen MR) is 99.0 cm³/mol. The van der Waals surface area contributed by atoms with Crippen LogP contribution in [-0.2, 0) is 6.54 Å². The number of alkyl halides is 3. The summed E-state index contributed by atoms with van der Waals surface area (Å²) in [4.78, 5) is 4.83. The summed E-state index contributed by atoms with van der Waals surface area (Å²) in [5.41, 5.74) is 0.546. The average Bonchev–Trinajstić information content (AvgIpc) is 3.04. The molecule has 0 radical (unpaired) electrons. The lowest BCUT2D eigenvalue weighted by atomic mass is 10.2. The first-order valence-electron chi connectivity index (χ1n) is 7.79. The van der Waals surface area contributed by atoms with E-state index >= 15 is 0 Å². The highest BCUT2D eigenvalue weighted by atomic mass is 35.5. The molecule has 0 bridgehead atoms. The zero-order valence-electron chi connectivity index (χ0n) is 13.8. The highest BCUT2D eigenvalue weighted by Gasteiger charge is 2.28. The van der Waals surface area contributed by atoms with Gasteiger partial charge in [0.05, 0.1) is 6.54 Å². The monoisotopic (exact) mass is 414 g/mol. The molecule has 27 heavy (non-hydrogen) atoms. The molecule has 142 valence electrons. The quantitative estimate of drug-likeness (QED) is 0.504. The van der Waals surface area contributed by atoms with E-state index in [0.29, 0.717) is 28.2 Å². The molecular formula is C18H14ClF3N2O2S. The molecule has 4 nitrogen and oxygen atoms in total. The lowest BCUT2D eigenvalue weighted by Crippen LogP contribution is -2.19. The zero-order valence-corrected chi connectivity index (χ0v) is 15.4. The van der Waals surface area contributed by atoms with Gasteiger partial charge in [-0.05, 0) is 12.1 Å². The van der Waals surface area contributed by atoms with Gasteiger partial charge in [-0.1, -0.05) is 29.8 Å². The van der Waals surface area contributed by atoms with Crippen LogP contribution in [0.2, 0.25) is 4.47 Å². The fourth-order valence-corrected chi connectivity index (χ4v) is 3.08. The van der Waals surface area contributed by atoms with E-state index in [-0.39, 0.29) is 5.75 Å². The predicted octanol–water partition coefficient (Wildman–Crippen LogP) is 6.14. The summed E-state index contributed by atoms with van der Waals surface area (Å²) in [6.45, 7) is -0.969. The Kier molecular flexibility index (Phi) is 6.08. The number of halogens is 4. The van der Waals surface area contributed by atoms with Crippen LogP contribution in [0.3, 0.4) is 0 Å². The van der Waals surface area contributed by atoms with Gasteiger partial charge in [-0.3, -0.25) is 0 Å². The number of anilines is 1. The molecule has 0 atom stereocenters. The smallest absolute Gasteiger partial charge is 0.422 e. The van der Waals surface area contributed by atoms with Gasteiger partial charge in [0.15, 0.2) is 11.1 Å². The van der Waals surface area contributed by atoms with Crippen LogP contribution >= 0.6 is 22.9 Å². The lowest BCUT2D eigenvalue weighted by Gasteiger charge is -2.14. The fourth-order valence-electron chi connectivity index (χ4n) is 2.16. The molecule has 1 aromatic heterocycles. The molecule has 2 aromatic carbocycles. The fraction of sp³-hybridized carbons (Fsp3) is 0.167. The van der Waals surface area contributed by atoms with E-state index in [9.17, 15) is 13.2 Å². The molecule has 1 N–H and O–H groups in total. The van der Waals surface area contributed by atoms with E-state index in [2.05, 4.69) is 10.3 Å². The Labute approximate surface area is 162 Å². The molecule has 0 aliphatic heterocycles. The standard InChI is InChI=1S/C18H14ClF3N2O2S/c19-17-24-10-16(27-17)9-23-12-6-14(25-11-18(20,21)22)8-15(7-12)26-13-4-2-1-3-5-13/h1-8,10,23H,9,11H2. The maximum Gasteiger partial charge on any atom is 0.422 e. The minimum Gasteiger partial charge on any atom is -0.484 e. The first kappa shape index (κ1) is 19.3. The van der Waals surface area contributed by atoms with Crippen LogP contribution in [0.5, 0.6) is 17.2 Å². The van der Waals surface area contributed by atoms with Crippen molar-refractivity contribution in [2.75, 3.05) is 11.9 Å². The van der Waals surface area contributed by atoms with Gasteiger partial charge in [-0.15, -0.1) is 11.3 Å². The lowest BCUT2D eigenvalue weighted by molar-refractivity contribution is -0.153. The largest absolute Gasteiger partial charge is 0.484 e. The third-order valence-corrected chi connectivity index (χ3v) is 4.37. The summed E-state index contributed by atoms with van der Waals surface area (Å²) in [5.74, 6) is 0.960. The summed E-state index contributed by atoms with van der Waals surface area (Å²) in [7, 11) is 0. The molecule has 3 rings (SSSR count). The van der Waals surface area contributed by atoms with Crippen molar-refractivity contribution in [3.8, 4) is 17.2 Å². The number of nitrogens with zero attached hydrogens (tertiary/aromatic N) is 1. The molecule has 0 amide bonds. The van der Waals surface area contributed by atoms with Gasteiger partial charge in [-0.25, -0.2) is 4.98 Å². The van der Waals surface area contributed by atoms with Crippen molar-refractivity contribution in [2.24, 2.45) is 0 Å². The third kappa shape index (κ3) is 6.33. The number of thiazole rings is 1. The van der Waals surface area contributed by atoms with E-state index < -0.39 is 12.8 Å². The van der Waals surface area contributed by atoms with Gasteiger partial charge in [0, 0.05) is 35.0 Å². The van der Waals surface area contributed by atoms with Crippen LogP contribution in [0.1, 0.15) is 4.88 Å². The molecule has 0 aliphatic rings. The van der Waals surface area contributed by atoms with Crippen LogP contribution in [0.25, 0.3) is 0 Å². The van der Waals surface area contributed by atoms with Gasteiger partial charge in [0.1, 0.15) is 17.2 Å². The van der Waals surface area contributed by atoms with Crippen LogP contribution in [0.4, 0.5) is 18.9 Å². The second kappa shape index (κ2) is 8.49. The molecule has 3 aromatic rings. The van der Waals surface area contributed by atoms with Gasteiger partial charge >= 0.3 is 6.18 Å². The van der Waals surface area contributed by atoms with Crippen LogP contribution in [-0.4, -0.2) is 17.8 Å². The molecule has 0 spiro atoms. The van der Waals surface area contributed by atoms with Crippen LogP contribution < -0.4 is 14.8 Å². The maximum atomic E-state index is 12.5. The molecule has 1 heterocycles. The minimum atomic E-state index is -4.43. The summed E-state index contributed by atoms with van der Waals surface area (Å²) in [6, 6.07) is 13.5. The van der Waals surface area contributed by atoms with Crippen molar-refractivity contribution in [1.29, 1.82) is 0 Å². The van der Waals surface area contributed by atoms with E-state index in [1.807, 2.05) is 6.07 Å². The Bertz CT molecular complexity index is 888.